The molecule has 1 aliphatic rings. The SMILES string of the molecule is CNCC1(CNC(=O)c2cccc(OC)c2)CC1. The zero-order valence-electron chi connectivity index (χ0n) is 11.0. The van der Waals surface area contributed by atoms with Crippen LogP contribution in [0.4, 0.5) is 0 Å². The van der Waals surface area contributed by atoms with E-state index in [0.29, 0.717) is 11.3 Å². The van der Waals surface area contributed by atoms with E-state index < -0.39 is 0 Å². The molecule has 1 aromatic carbocycles. The van der Waals surface area contributed by atoms with Gasteiger partial charge < -0.3 is 15.4 Å². The Balaban J connectivity index is 1.91. The highest BCUT2D eigenvalue weighted by molar-refractivity contribution is 5.94. The van der Waals surface area contributed by atoms with E-state index in [0.717, 1.165) is 13.1 Å². The maximum Gasteiger partial charge on any atom is 0.251 e. The van der Waals surface area contributed by atoms with Crippen molar-refractivity contribution >= 4 is 5.91 Å². The summed E-state index contributed by atoms with van der Waals surface area (Å²) in [6.45, 7) is 1.70. The van der Waals surface area contributed by atoms with Crippen LogP contribution in [0.5, 0.6) is 5.75 Å². The van der Waals surface area contributed by atoms with Crippen LogP contribution in [0.1, 0.15) is 23.2 Å². The van der Waals surface area contributed by atoms with Gasteiger partial charge in [0, 0.05) is 24.1 Å². The topological polar surface area (TPSA) is 50.4 Å². The standard InChI is InChI=1S/C14H20N2O2/c1-15-9-14(6-7-14)10-16-13(17)11-4-3-5-12(8-11)18-2/h3-5,8,15H,6-7,9-10H2,1-2H3,(H,16,17). The number of ether oxygens (including phenoxy) is 1. The van der Waals surface area contributed by atoms with Crippen molar-refractivity contribution < 1.29 is 9.53 Å². The average Bonchev–Trinajstić information content (AvgIpc) is 3.17. The number of carbonyl (C=O) groups is 1. The monoisotopic (exact) mass is 248 g/mol. The molecule has 0 radical (unpaired) electrons. The van der Waals surface area contributed by atoms with Crippen molar-refractivity contribution in [3.8, 4) is 5.75 Å². The van der Waals surface area contributed by atoms with Crippen LogP contribution in [-0.2, 0) is 0 Å². The fourth-order valence-electron chi connectivity index (χ4n) is 2.10. The second-order valence-corrected chi connectivity index (χ2v) is 4.94. The van der Waals surface area contributed by atoms with Gasteiger partial charge in [-0.2, -0.15) is 0 Å². The predicted octanol–water partition coefficient (Wildman–Crippen LogP) is 1.42. The zero-order valence-corrected chi connectivity index (χ0v) is 11.0. The first-order chi connectivity index (χ1) is 8.69. The Morgan fingerprint density at radius 3 is 2.78 bits per heavy atom. The zero-order chi connectivity index (χ0) is 13.0. The van der Waals surface area contributed by atoms with Crippen LogP contribution in [0.2, 0.25) is 0 Å². The highest BCUT2D eigenvalue weighted by atomic mass is 16.5. The first-order valence-corrected chi connectivity index (χ1v) is 6.26. The molecule has 2 rings (SSSR count). The first kappa shape index (κ1) is 12.9. The van der Waals surface area contributed by atoms with Gasteiger partial charge in [-0.05, 0) is 38.1 Å². The smallest absolute Gasteiger partial charge is 0.251 e. The Labute approximate surface area is 108 Å². The van der Waals surface area contributed by atoms with E-state index in [9.17, 15) is 4.79 Å². The van der Waals surface area contributed by atoms with E-state index in [4.69, 9.17) is 4.74 Å². The van der Waals surface area contributed by atoms with Gasteiger partial charge in [0.15, 0.2) is 0 Å². The van der Waals surface area contributed by atoms with E-state index in [1.54, 1.807) is 19.2 Å². The molecule has 18 heavy (non-hydrogen) atoms. The van der Waals surface area contributed by atoms with Crippen molar-refractivity contribution in [2.45, 2.75) is 12.8 Å². The molecule has 0 unspecified atom stereocenters. The van der Waals surface area contributed by atoms with Gasteiger partial charge in [0.05, 0.1) is 7.11 Å². The summed E-state index contributed by atoms with van der Waals surface area (Å²) in [4.78, 5) is 12.0. The largest absolute Gasteiger partial charge is 0.497 e. The van der Waals surface area contributed by atoms with Crippen LogP contribution >= 0.6 is 0 Å². The van der Waals surface area contributed by atoms with Crippen molar-refractivity contribution in [3.63, 3.8) is 0 Å². The fourth-order valence-corrected chi connectivity index (χ4v) is 2.10. The molecule has 0 aliphatic heterocycles. The summed E-state index contributed by atoms with van der Waals surface area (Å²) in [6.07, 6.45) is 2.37. The Kier molecular flexibility index (Phi) is 3.87. The van der Waals surface area contributed by atoms with Crippen LogP contribution in [0.3, 0.4) is 0 Å². The number of hydrogen-bond donors (Lipinski definition) is 2. The summed E-state index contributed by atoms with van der Waals surface area (Å²) >= 11 is 0. The molecule has 0 bridgehead atoms. The minimum absolute atomic E-state index is 0.0312. The van der Waals surface area contributed by atoms with E-state index in [1.165, 1.54) is 12.8 Å². The molecule has 2 N–H and O–H groups in total. The maximum atomic E-state index is 12.0. The van der Waals surface area contributed by atoms with Gasteiger partial charge >= 0.3 is 0 Å². The first-order valence-electron chi connectivity index (χ1n) is 6.26. The minimum atomic E-state index is -0.0312. The molecule has 0 heterocycles. The van der Waals surface area contributed by atoms with Gasteiger partial charge in [-0.3, -0.25) is 4.79 Å². The molecule has 1 aromatic rings. The van der Waals surface area contributed by atoms with Crippen LogP contribution in [0.15, 0.2) is 24.3 Å². The summed E-state index contributed by atoms with van der Waals surface area (Å²) < 4.78 is 5.11. The third-order valence-corrected chi connectivity index (χ3v) is 3.46. The third kappa shape index (κ3) is 3.01. The molecule has 0 atom stereocenters. The van der Waals surface area contributed by atoms with Crippen molar-refractivity contribution in [2.75, 3.05) is 27.2 Å². The number of methoxy groups -OCH3 is 1. The van der Waals surface area contributed by atoms with Gasteiger partial charge in [-0.1, -0.05) is 6.07 Å². The molecule has 1 saturated carbocycles. The van der Waals surface area contributed by atoms with Gasteiger partial charge in [-0.25, -0.2) is 0 Å². The highest BCUT2D eigenvalue weighted by Crippen LogP contribution is 2.44. The number of carbonyl (C=O) groups excluding carboxylic acids is 1. The lowest BCUT2D eigenvalue weighted by Gasteiger charge is -2.15. The molecule has 0 aromatic heterocycles. The molecule has 4 nitrogen and oxygen atoms in total. The van der Waals surface area contributed by atoms with E-state index in [2.05, 4.69) is 10.6 Å². The second-order valence-electron chi connectivity index (χ2n) is 4.94. The van der Waals surface area contributed by atoms with Crippen LogP contribution < -0.4 is 15.4 Å². The lowest BCUT2D eigenvalue weighted by atomic mass is 10.1. The second kappa shape index (κ2) is 5.40. The Morgan fingerprint density at radius 1 is 1.39 bits per heavy atom. The average molecular weight is 248 g/mol. The number of rotatable bonds is 6. The molecule has 4 heteroatoms. The fraction of sp³-hybridized carbons (Fsp3) is 0.500. The summed E-state index contributed by atoms with van der Waals surface area (Å²) in [5, 5.41) is 6.18. The molecule has 1 fully saturated rings. The number of benzene rings is 1. The Bertz CT molecular complexity index is 428. The quantitative estimate of drug-likeness (QED) is 0.800. The van der Waals surface area contributed by atoms with Gasteiger partial charge in [0.1, 0.15) is 5.75 Å². The van der Waals surface area contributed by atoms with Gasteiger partial charge in [0.2, 0.25) is 0 Å². The molecular formula is C14H20N2O2. The number of nitrogens with one attached hydrogen (secondary N) is 2. The summed E-state index contributed by atoms with van der Waals surface area (Å²) in [5.74, 6) is 0.676. The summed E-state index contributed by atoms with van der Waals surface area (Å²) in [7, 11) is 3.55. The Morgan fingerprint density at radius 2 is 2.17 bits per heavy atom. The molecule has 0 spiro atoms. The normalized spacial score (nSPS) is 16.1. The van der Waals surface area contributed by atoms with Crippen molar-refractivity contribution in [1.82, 2.24) is 10.6 Å². The summed E-state index contributed by atoms with van der Waals surface area (Å²) in [5.41, 5.74) is 0.929. The van der Waals surface area contributed by atoms with E-state index >= 15 is 0 Å². The van der Waals surface area contributed by atoms with Crippen LogP contribution in [0.25, 0.3) is 0 Å². The molecule has 1 amide bonds. The van der Waals surface area contributed by atoms with Crippen molar-refractivity contribution in [3.05, 3.63) is 29.8 Å². The van der Waals surface area contributed by atoms with Crippen LogP contribution in [-0.4, -0.2) is 33.2 Å². The predicted molar refractivity (Wildman–Crippen MR) is 70.9 cm³/mol. The Hall–Kier alpha value is -1.55. The van der Waals surface area contributed by atoms with E-state index in [1.807, 2.05) is 19.2 Å². The number of hydrogen-bond acceptors (Lipinski definition) is 3. The number of amides is 1. The van der Waals surface area contributed by atoms with E-state index in [-0.39, 0.29) is 11.3 Å². The van der Waals surface area contributed by atoms with Crippen molar-refractivity contribution in [1.29, 1.82) is 0 Å². The lowest BCUT2D eigenvalue weighted by Crippen LogP contribution is -2.34. The lowest BCUT2D eigenvalue weighted by molar-refractivity contribution is 0.0944. The highest BCUT2D eigenvalue weighted by Gasteiger charge is 2.41. The van der Waals surface area contributed by atoms with Crippen molar-refractivity contribution in [2.24, 2.45) is 5.41 Å². The minimum Gasteiger partial charge on any atom is -0.497 e. The van der Waals surface area contributed by atoms with Gasteiger partial charge in [-0.15, -0.1) is 0 Å². The molecule has 0 saturated heterocycles. The molecule has 98 valence electrons. The summed E-state index contributed by atoms with van der Waals surface area (Å²) in [6, 6.07) is 7.22. The van der Waals surface area contributed by atoms with Gasteiger partial charge in [0.25, 0.3) is 5.91 Å². The van der Waals surface area contributed by atoms with Crippen LogP contribution in [0, 0.1) is 5.41 Å². The molecule has 1 aliphatic carbocycles. The maximum absolute atomic E-state index is 12.0. The molecular weight excluding hydrogens is 228 g/mol. The third-order valence-electron chi connectivity index (χ3n) is 3.46.